The Labute approximate surface area is 124 Å². The Morgan fingerprint density at radius 3 is 2.29 bits per heavy atom. The number of alkyl halides is 3. The quantitative estimate of drug-likeness (QED) is 0.749. The predicted molar refractivity (Wildman–Crippen MR) is 75.6 cm³/mol. The van der Waals surface area contributed by atoms with Crippen molar-refractivity contribution in [3.05, 3.63) is 0 Å². The van der Waals surface area contributed by atoms with E-state index in [2.05, 4.69) is 4.90 Å². The van der Waals surface area contributed by atoms with Crippen LogP contribution >= 0.6 is 0 Å². The molecule has 1 aliphatic heterocycles. The lowest BCUT2D eigenvalue weighted by molar-refractivity contribution is -0.152. The topological polar surface area (TPSA) is 43.9 Å². The normalized spacial score (nSPS) is 23.2. The Hall–Kier alpha value is -0.380. The number of piperazine rings is 1. The molecule has 1 atom stereocenters. The van der Waals surface area contributed by atoms with Crippen molar-refractivity contribution in [2.24, 2.45) is 0 Å². The highest BCUT2D eigenvalue weighted by Crippen LogP contribution is 2.21. The van der Waals surface area contributed by atoms with E-state index in [1.54, 1.807) is 0 Å². The molecule has 5 nitrogen and oxygen atoms in total. The minimum atomic E-state index is -4.23. The summed E-state index contributed by atoms with van der Waals surface area (Å²) in [6.07, 6.45) is -3.13. The third kappa shape index (κ3) is 6.09. The summed E-state index contributed by atoms with van der Waals surface area (Å²) in [5.74, 6) is 0. The monoisotopic (exact) mass is 331 g/mol. The van der Waals surface area contributed by atoms with Crippen LogP contribution < -0.4 is 0 Å². The molecule has 0 amide bonds. The summed E-state index contributed by atoms with van der Waals surface area (Å²) < 4.78 is 61.7. The van der Waals surface area contributed by atoms with Gasteiger partial charge in [-0.3, -0.25) is 9.80 Å². The Morgan fingerprint density at radius 1 is 1.29 bits per heavy atom. The average Bonchev–Trinajstić information content (AvgIpc) is 2.24. The summed E-state index contributed by atoms with van der Waals surface area (Å²) >= 11 is 0. The van der Waals surface area contributed by atoms with Gasteiger partial charge in [-0.15, -0.1) is 0 Å². The lowest BCUT2D eigenvalue weighted by Crippen LogP contribution is -2.60. The van der Waals surface area contributed by atoms with Crippen molar-refractivity contribution in [1.82, 2.24) is 14.1 Å². The Bertz CT molecular complexity index is 440. The minimum Gasteiger partial charge on any atom is -0.294 e. The number of rotatable bonds is 5. The van der Waals surface area contributed by atoms with E-state index in [-0.39, 0.29) is 25.2 Å². The average molecular weight is 331 g/mol. The van der Waals surface area contributed by atoms with Crippen LogP contribution in [0.5, 0.6) is 0 Å². The third-order valence-corrected chi connectivity index (χ3v) is 4.99. The molecule has 1 unspecified atom stereocenters. The molecule has 1 rings (SSSR count). The van der Waals surface area contributed by atoms with E-state index < -0.39 is 22.7 Å². The molecule has 9 heteroatoms. The molecule has 0 aromatic heterocycles. The van der Waals surface area contributed by atoms with E-state index in [1.807, 2.05) is 13.8 Å². The van der Waals surface area contributed by atoms with Gasteiger partial charge in [0.05, 0.1) is 12.8 Å². The first-order valence-corrected chi connectivity index (χ1v) is 8.71. The second kappa shape index (κ2) is 6.80. The molecule has 126 valence electrons. The smallest absolute Gasteiger partial charge is 0.294 e. The largest absolute Gasteiger partial charge is 0.401 e. The van der Waals surface area contributed by atoms with Gasteiger partial charge in [-0.2, -0.15) is 13.2 Å². The summed E-state index contributed by atoms with van der Waals surface area (Å²) in [4.78, 5) is 3.41. The molecule has 0 N–H and O–H groups in total. The molecule has 1 fully saturated rings. The molecule has 1 saturated heterocycles. The first kappa shape index (κ1) is 18.7. The molecule has 1 heterocycles. The predicted octanol–water partition coefficient (Wildman–Crippen LogP) is 0.835. The van der Waals surface area contributed by atoms with Crippen LogP contribution in [0, 0.1) is 0 Å². The third-order valence-electron chi connectivity index (χ3n) is 3.71. The Kier molecular flexibility index (Phi) is 6.05. The fraction of sp³-hybridized carbons (Fsp3) is 1.00. The van der Waals surface area contributed by atoms with Crippen molar-refractivity contribution in [2.45, 2.75) is 32.1 Å². The van der Waals surface area contributed by atoms with E-state index in [9.17, 15) is 21.6 Å². The van der Waals surface area contributed by atoms with Crippen LogP contribution in [-0.4, -0.2) is 86.8 Å². The summed E-state index contributed by atoms with van der Waals surface area (Å²) in [6.45, 7) is 4.26. The zero-order valence-corrected chi connectivity index (χ0v) is 13.7. The van der Waals surface area contributed by atoms with Gasteiger partial charge in [-0.05, 0) is 13.8 Å². The molecular formula is C12H24F3N3O2S. The number of sulfonamides is 1. The van der Waals surface area contributed by atoms with Crippen LogP contribution in [0.4, 0.5) is 13.2 Å². The van der Waals surface area contributed by atoms with Crippen LogP contribution in [-0.2, 0) is 10.0 Å². The molecular weight excluding hydrogens is 307 g/mol. The van der Waals surface area contributed by atoms with Gasteiger partial charge >= 0.3 is 6.18 Å². The lowest BCUT2D eigenvalue weighted by Gasteiger charge is -2.44. The fourth-order valence-electron chi connectivity index (χ4n) is 2.61. The van der Waals surface area contributed by atoms with Crippen LogP contribution in [0.2, 0.25) is 0 Å². The van der Waals surface area contributed by atoms with Gasteiger partial charge in [0, 0.05) is 45.3 Å². The first-order chi connectivity index (χ1) is 9.40. The highest BCUT2D eigenvalue weighted by Gasteiger charge is 2.36. The number of hydrogen-bond acceptors (Lipinski definition) is 4. The number of halogens is 3. The molecule has 0 aromatic carbocycles. The first-order valence-electron chi connectivity index (χ1n) is 6.86. The molecule has 1 aliphatic rings. The van der Waals surface area contributed by atoms with E-state index >= 15 is 0 Å². The second-order valence-corrected chi connectivity index (χ2v) is 7.97. The van der Waals surface area contributed by atoms with E-state index in [1.165, 1.54) is 16.3 Å². The SMILES string of the molecule is CC(C)N1CCN(CC(F)(F)F)CC1CN(C)S(C)(=O)=O. The summed E-state index contributed by atoms with van der Waals surface area (Å²) in [7, 11) is -1.88. The summed E-state index contributed by atoms with van der Waals surface area (Å²) in [5, 5.41) is 0. The maximum absolute atomic E-state index is 12.5. The second-order valence-electron chi connectivity index (χ2n) is 5.88. The molecule has 0 aliphatic carbocycles. The van der Waals surface area contributed by atoms with Crippen molar-refractivity contribution in [1.29, 1.82) is 0 Å². The molecule has 0 aromatic rings. The lowest BCUT2D eigenvalue weighted by atomic mass is 10.1. The summed E-state index contributed by atoms with van der Waals surface area (Å²) in [5.41, 5.74) is 0. The minimum absolute atomic E-state index is 0.163. The molecule has 0 spiro atoms. The van der Waals surface area contributed by atoms with Crippen molar-refractivity contribution in [3.63, 3.8) is 0 Å². The van der Waals surface area contributed by atoms with Crippen molar-refractivity contribution in [3.8, 4) is 0 Å². The molecule has 0 bridgehead atoms. The van der Waals surface area contributed by atoms with Gasteiger partial charge in [0.1, 0.15) is 0 Å². The van der Waals surface area contributed by atoms with Crippen LogP contribution in [0.25, 0.3) is 0 Å². The molecule has 21 heavy (non-hydrogen) atoms. The molecule has 0 radical (unpaired) electrons. The Morgan fingerprint density at radius 2 is 1.86 bits per heavy atom. The highest BCUT2D eigenvalue weighted by atomic mass is 32.2. The van der Waals surface area contributed by atoms with Gasteiger partial charge in [0.2, 0.25) is 10.0 Å². The van der Waals surface area contributed by atoms with Gasteiger partial charge in [0.15, 0.2) is 0 Å². The zero-order chi connectivity index (χ0) is 16.4. The molecule has 0 saturated carbocycles. The summed E-state index contributed by atoms with van der Waals surface area (Å²) in [6, 6.07) is -0.0724. The van der Waals surface area contributed by atoms with Gasteiger partial charge in [0.25, 0.3) is 0 Å². The van der Waals surface area contributed by atoms with Gasteiger partial charge in [-0.25, -0.2) is 12.7 Å². The Balaban J connectivity index is 2.77. The van der Waals surface area contributed by atoms with Crippen LogP contribution in [0.1, 0.15) is 13.8 Å². The van der Waals surface area contributed by atoms with Crippen LogP contribution in [0.15, 0.2) is 0 Å². The zero-order valence-electron chi connectivity index (χ0n) is 12.9. The van der Waals surface area contributed by atoms with Gasteiger partial charge < -0.3 is 0 Å². The number of likely N-dealkylation sites (N-methyl/N-ethyl adjacent to an activating group) is 1. The van der Waals surface area contributed by atoms with E-state index in [4.69, 9.17) is 0 Å². The van der Waals surface area contributed by atoms with E-state index in [0.717, 1.165) is 6.26 Å². The van der Waals surface area contributed by atoms with Crippen molar-refractivity contribution in [2.75, 3.05) is 46.0 Å². The van der Waals surface area contributed by atoms with E-state index in [0.29, 0.717) is 13.1 Å². The van der Waals surface area contributed by atoms with Crippen LogP contribution in [0.3, 0.4) is 0 Å². The number of hydrogen-bond donors (Lipinski definition) is 0. The fourth-order valence-corrected chi connectivity index (χ4v) is 3.05. The van der Waals surface area contributed by atoms with Crippen molar-refractivity contribution < 1.29 is 21.6 Å². The highest BCUT2D eigenvalue weighted by molar-refractivity contribution is 7.88. The van der Waals surface area contributed by atoms with Crippen molar-refractivity contribution >= 4 is 10.0 Å². The number of nitrogens with zero attached hydrogens (tertiary/aromatic N) is 3. The van der Waals surface area contributed by atoms with Gasteiger partial charge in [-0.1, -0.05) is 0 Å². The maximum Gasteiger partial charge on any atom is 0.401 e. The standard InChI is InChI=1S/C12H24F3N3O2S/c1-10(2)18-6-5-17(9-12(13,14)15)8-11(18)7-16(3)21(4,19)20/h10-11H,5-9H2,1-4H3. The maximum atomic E-state index is 12.5.